The van der Waals surface area contributed by atoms with Gasteiger partial charge < -0.3 is 15.2 Å². The zero-order chi connectivity index (χ0) is 15.9. The topological polar surface area (TPSA) is 87.3 Å². The third kappa shape index (κ3) is 4.60. The molecule has 7 heteroatoms. The molecule has 0 fully saturated rings. The van der Waals surface area contributed by atoms with E-state index in [-0.39, 0.29) is 24.3 Å². The minimum absolute atomic E-state index is 0.173. The van der Waals surface area contributed by atoms with Crippen LogP contribution in [0.25, 0.3) is 0 Å². The molecule has 2 rings (SSSR count). The lowest BCUT2D eigenvalue weighted by atomic mass is 10.1. The van der Waals surface area contributed by atoms with E-state index < -0.39 is 0 Å². The van der Waals surface area contributed by atoms with Gasteiger partial charge in [-0.1, -0.05) is 12.1 Å². The molecule has 6 nitrogen and oxygen atoms in total. The quantitative estimate of drug-likeness (QED) is 0.648. The largest absolute Gasteiger partial charge is 0.493 e. The summed E-state index contributed by atoms with van der Waals surface area (Å²) in [6.45, 7) is 0.278. The predicted molar refractivity (Wildman–Crippen MR) is 82.8 cm³/mol. The molecule has 116 valence electrons. The second kappa shape index (κ2) is 7.61. The Morgan fingerprint density at radius 3 is 2.73 bits per heavy atom. The Hall–Kier alpha value is -2.34. The molecule has 2 aromatic rings. The Labute approximate surface area is 133 Å². The Morgan fingerprint density at radius 2 is 2.05 bits per heavy atom. The summed E-state index contributed by atoms with van der Waals surface area (Å²) < 4.78 is 10.00. The van der Waals surface area contributed by atoms with Crippen LogP contribution < -0.4 is 10.5 Å². The first kappa shape index (κ1) is 16.0. The number of carbonyl (C=O) groups is 1. The minimum Gasteiger partial charge on any atom is -0.493 e. The average molecular weight is 322 g/mol. The number of benzene rings is 1. The number of methoxy groups -OCH3 is 1. The molecule has 0 aliphatic heterocycles. The van der Waals surface area contributed by atoms with Crippen LogP contribution in [0.2, 0.25) is 5.28 Å². The molecule has 0 spiro atoms. The Morgan fingerprint density at radius 1 is 1.32 bits per heavy atom. The second-order valence-electron chi connectivity index (χ2n) is 4.54. The summed E-state index contributed by atoms with van der Waals surface area (Å²) >= 11 is 5.77. The Kier molecular flexibility index (Phi) is 5.55. The van der Waals surface area contributed by atoms with Crippen LogP contribution in [0.4, 0.5) is 5.69 Å². The lowest BCUT2D eigenvalue weighted by molar-refractivity contribution is -0.141. The number of carbonyl (C=O) groups excluding carboxylic acids is 1. The summed E-state index contributed by atoms with van der Waals surface area (Å²) in [5.41, 5.74) is 8.02. The van der Waals surface area contributed by atoms with E-state index in [4.69, 9.17) is 22.1 Å². The van der Waals surface area contributed by atoms with Gasteiger partial charge in [0.15, 0.2) is 0 Å². The maximum Gasteiger partial charge on any atom is 0.308 e. The fourth-order valence-corrected chi connectivity index (χ4v) is 1.95. The number of hydrogen-bond donors (Lipinski definition) is 1. The first-order valence-corrected chi connectivity index (χ1v) is 7.01. The molecule has 0 unspecified atom stereocenters. The standard InChI is InChI=1S/C15H16ClN3O3/c1-21-14(20)6-7-22-11-4-2-10(3-5-11)8-13-12(17)9-18-15(16)19-13/h2-5,9H,6-8,17H2,1H3. The average Bonchev–Trinajstić information content (AvgIpc) is 2.52. The number of nitrogen functional groups attached to an aromatic ring is 1. The lowest BCUT2D eigenvalue weighted by Gasteiger charge is -2.08. The van der Waals surface area contributed by atoms with E-state index >= 15 is 0 Å². The normalized spacial score (nSPS) is 10.3. The molecule has 0 aliphatic rings. The van der Waals surface area contributed by atoms with Crippen LogP contribution in [0.5, 0.6) is 5.75 Å². The van der Waals surface area contributed by atoms with Gasteiger partial charge >= 0.3 is 5.97 Å². The summed E-state index contributed by atoms with van der Waals surface area (Å²) in [6, 6.07) is 7.46. The van der Waals surface area contributed by atoms with Crippen LogP contribution >= 0.6 is 11.6 Å². The predicted octanol–water partition coefficient (Wildman–Crippen LogP) is 2.24. The molecule has 0 saturated carbocycles. The van der Waals surface area contributed by atoms with Crippen molar-refractivity contribution in [3.05, 3.63) is 47.0 Å². The molecule has 1 heterocycles. The molecule has 0 amide bonds. The maximum absolute atomic E-state index is 11.0. The number of rotatable bonds is 6. The van der Waals surface area contributed by atoms with Gasteiger partial charge in [0, 0.05) is 6.42 Å². The van der Waals surface area contributed by atoms with Crippen LogP contribution in [0.15, 0.2) is 30.5 Å². The highest BCUT2D eigenvalue weighted by molar-refractivity contribution is 6.28. The molecular weight excluding hydrogens is 306 g/mol. The van der Waals surface area contributed by atoms with Crippen molar-refractivity contribution >= 4 is 23.3 Å². The molecule has 2 N–H and O–H groups in total. The molecular formula is C15H16ClN3O3. The van der Waals surface area contributed by atoms with Gasteiger partial charge in [0.2, 0.25) is 5.28 Å². The molecule has 0 bridgehead atoms. The molecule has 0 atom stereocenters. The van der Waals surface area contributed by atoms with Crippen LogP contribution in [-0.4, -0.2) is 29.7 Å². The highest BCUT2D eigenvalue weighted by Gasteiger charge is 2.06. The summed E-state index contributed by atoms with van der Waals surface area (Å²) in [5, 5.41) is 0.173. The van der Waals surface area contributed by atoms with Gasteiger partial charge in [-0.05, 0) is 29.3 Å². The number of hydrogen-bond acceptors (Lipinski definition) is 6. The molecule has 1 aromatic heterocycles. The number of esters is 1. The maximum atomic E-state index is 11.0. The SMILES string of the molecule is COC(=O)CCOc1ccc(Cc2nc(Cl)ncc2N)cc1. The van der Waals surface area contributed by atoms with E-state index in [0.717, 1.165) is 5.56 Å². The third-order valence-corrected chi connectivity index (χ3v) is 3.15. The first-order valence-electron chi connectivity index (χ1n) is 6.64. The first-order chi connectivity index (χ1) is 10.6. The van der Waals surface area contributed by atoms with Gasteiger partial charge in [0.25, 0.3) is 0 Å². The Bertz CT molecular complexity index is 647. The van der Waals surface area contributed by atoms with Gasteiger partial charge in [-0.15, -0.1) is 0 Å². The number of nitrogens with zero attached hydrogens (tertiary/aromatic N) is 2. The van der Waals surface area contributed by atoms with Crippen LogP contribution in [0.1, 0.15) is 17.7 Å². The summed E-state index contributed by atoms with van der Waals surface area (Å²) in [6.07, 6.45) is 2.26. The molecule has 0 aliphatic carbocycles. The van der Waals surface area contributed by atoms with Gasteiger partial charge in [-0.25, -0.2) is 9.97 Å². The van der Waals surface area contributed by atoms with E-state index in [1.165, 1.54) is 13.3 Å². The van der Waals surface area contributed by atoms with E-state index in [2.05, 4.69) is 14.7 Å². The summed E-state index contributed by atoms with van der Waals surface area (Å²) in [7, 11) is 1.35. The van der Waals surface area contributed by atoms with Crippen LogP contribution in [0, 0.1) is 0 Å². The molecule has 0 saturated heterocycles. The molecule has 22 heavy (non-hydrogen) atoms. The number of nitrogens with two attached hydrogens (primary N) is 1. The monoisotopic (exact) mass is 321 g/mol. The van der Waals surface area contributed by atoms with E-state index in [9.17, 15) is 4.79 Å². The van der Waals surface area contributed by atoms with Crippen molar-refractivity contribution in [2.75, 3.05) is 19.5 Å². The van der Waals surface area contributed by atoms with Gasteiger partial charge in [-0.2, -0.15) is 0 Å². The third-order valence-electron chi connectivity index (χ3n) is 2.97. The van der Waals surface area contributed by atoms with Crippen molar-refractivity contribution < 1.29 is 14.3 Å². The van der Waals surface area contributed by atoms with Crippen molar-refractivity contribution in [2.45, 2.75) is 12.8 Å². The zero-order valence-electron chi connectivity index (χ0n) is 12.1. The van der Waals surface area contributed by atoms with E-state index in [1.54, 1.807) is 0 Å². The number of halogens is 1. The van der Waals surface area contributed by atoms with Crippen LogP contribution in [-0.2, 0) is 16.0 Å². The van der Waals surface area contributed by atoms with Gasteiger partial charge in [-0.3, -0.25) is 4.79 Å². The van der Waals surface area contributed by atoms with E-state index in [0.29, 0.717) is 23.6 Å². The molecule has 1 aromatic carbocycles. The number of aromatic nitrogens is 2. The van der Waals surface area contributed by atoms with Crippen molar-refractivity contribution in [1.29, 1.82) is 0 Å². The van der Waals surface area contributed by atoms with Crippen molar-refractivity contribution in [3.8, 4) is 5.75 Å². The highest BCUT2D eigenvalue weighted by Crippen LogP contribution is 2.18. The van der Waals surface area contributed by atoms with Crippen molar-refractivity contribution in [1.82, 2.24) is 9.97 Å². The van der Waals surface area contributed by atoms with E-state index in [1.807, 2.05) is 24.3 Å². The van der Waals surface area contributed by atoms with Crippen LogP contribution in [0.3, 0.4) is 0 Å². The number of anilines is 1. The Balaban J connectivity index is 1.94. The smallest absolute Gasteiger partial charge is 0.308 e. The van der Waals surface area contributed by atoms with Crippen molar-refractivity contribution in [3.63, 3.8) is 0 Å². The number of ether oxygens (including phenoxy) is 2. The summed E-state index contributed by atoms with van der Waals surface area (Å²) in [5.74, 6) is 0.383. The second-order valence-corrected chi connectivity index (χ2v) is 4.87. The minimum atomic E-state index is -0.298. The lowest BCUT2D eigenvalue weighted by Crippen LogP contribution is -2.07. The fraction of sp³-hybridized carbons (Fsp3) is 0.267. The van der Waals surface area contributed by atoms with Gasteiger partial charge in [0.1, 0.15) is 5.75 Å². The van der Waals surface area contributed by atoms with Crippen molar-refractivity contribution in [2.24, 2.45) is 0 Å². The molecule has 0 radical (unpaired) electrons. The van der Waals surface area contributed by atoms with Gasteiger partial charge in [0.05, 0.1) is 37.7 Å². The fourth-order valence-electron chi connectivity index (χ4n) is 1.79. The highest BCUT2D eigenvalue weighted by atomic mass is 35.5. The zero-order valence-corrected chi connectivity index (χ0v) is 12.8. The summed E-state index contributed by atoms with van der Waals surface area (Å²) in [4.78, 5) is 18.9.